The lowest BCUT2D eigenvalue weighted by molar-refractivity contribution is 0.127. The maximum absolute atomic E-state index is 10.1. The van der Waals surface area contributed by atoms with Gasteiger partial charge in [0, 0.05) is 18.0 Å². The van der Waals surface area contributed by atoms with Crippen molar-refractivity contribution in [2.75, 3.05) is 13.1 Å². The molecule has 3 aromatic rings. The minimum atomic E-state index is -1.02. The van der Waals surface area contributed by atoms with E-state index in [0.29, 0.717) is 11.3 Å². The van der Waals surface area contributed by atoms with Crippen molar-refractivity contribution in [3.05, 3.63) is 64.5 Å². The summed E-state index contributed by atoms with van der Waals surface area (Å²) in [6, 6.07) is 17.5. The van der Waals surface area contributed by atoms with Crippen LogP contribution in [0.25, 0.3) is 11.3 Å². The zero-order valence-electron chi connectivity index (χ0n) is 16.2. The zero-order valence-corrected chi connectivity index (χ0v) is 17.0. The van der Waals surface area contributed by atoms with Crippen LogP contribution in [-0.4, -0.2) is 23.2 Å². The quantitative estimate of drug-likeness (QED) is 0.546. The van der Waals surface area contributed by atoms with Crippen molar-refractivity contribution < 1.29 is 9.84 Å². The second-order valence-electron chi connectivity index (χ2n) is 8.18. The molecule has 1 aromatic heterocycles. The Labute approximate surface area is 174 Å². The van der Waals surface area contributed by atoms with Gasteiger partial charge in [0.2, 0.25) is 0 Å². The number of hydrogen-bond donors (Lipinski definition) is 3. The topological polar surface area (TPSA) is 80.4 Å². The SMILES string of the molecule is NC(O)c1sc(C2CC3(CCNC3)C2)nc1-c1ccc(Oc2ccccc2)cc1. The van der Waals surface area contributed by atoms with Crippen molar-refractivity contribution in [3.8, 4) is 22.8 Å². The van der Waals surface area contributed by atoms with Crippen LogP contribution in [0.1, 0.15) is 41.3 Å². The summed E-state index contributed by atoms with van der Waals surface area (Å²) in [4.78, 5) is 5.65. The minimum Gasteiger partial charge on any atom is -0.457 e. The molecule has 1 saturated heterocycles. The van der Waals surface area contributed by atoms with E-state index in [-0.39, 0.29) is 0 Å². The Morgan fingerprint density at radius 2 is 1.83 bits per heavy atom. The third-order valence-corrected chi connectivity index (χ3v) is 7.37. The van der Waals surface area contributed by atoms with E-state index in [0.717, 1.165) is 45.7 Å². The molecule has 1 saturated carbocycles. The molecule has 0 amide bonds. The van der Waals surface area contributed by atoms with Crippen LogP contribution in [0.2, 0.25) is 0 Å². The fourth-order valence-electron chi connectivity index (χ4n) is 4.54. The van der Waals surface area contributed by atoms with Gasteiger partial charge in [-0.25, -0.2) is 4.98 Å². The van der Waals surface area contributed by atoms with Crippen LogP contribution >= 0.6 is 11.3 Å². The Morgan fingerprint density at radius 1 is 1.10 bits per heavy atom. The molecule has 0 radical (unpaired) electrons. The molecule has 0 bridgehead atoms. The van der Waals surface area contributed by atoms with Crippen LogP contribution in [0.15, 0.2) is 54.6 Å². The second-order valence-corrected chi connectivity index (χ2v) is 9.24. The van der Waals surface area contributed by atoms with Crippen LogP contribution in [0, 0.1) is 5.41 Å². The van der Waals surface area contributed by atoms with Gasteiger partial charge in [0.15, 0.2) is 0 Å². The van der Waals surface area contributed by atoms with Gasteiger partial charge < -0.3 is 20.9 Å². The number of nitrogens with two attached hydrogens (primary N) is 1. The third kappa shape index (κ3) is 3.69. The van der Waals surface area contributed by atoms with E-state index < -0.39 is 6.23 Å². The first kappa shape index (κ1) is 18.8. The van der Waals surface area contributed by atoms with Gasteiger partial charge in [0.25, 0.3) is 0 Å². The Morgan fingerprint density at radius 3 is 2.48 bits per heavy atom. The van der Waals surface area contributed by atoms with E-state index in [9.17, 15) is 5.11 Å². The van der Waals surface area contributed by atoms with Crippen LogP contribution in [-0.2, 0) is 0 Å². The van der Waals surface area contributed by atoms with E-state index in [1.54, 1.807) is 11.3 Å². The molecule has 1 atom stereocenters. The minimum absolute atomic E-state index is 0.467. The number of para-hydroxylation sites is 1. The molecule has 1 aliphatic carbocycles. The molecule has 150 valence electrons. The molecule has 6 heteroatoms. The summed E-state index contributed by atoms with van der Waals surface area (Å²) >= 11 is 1.56. The molecule has 1 spiro atoms. The van der Waals surface area contributed by atoms with Crippen molar-refractivity contribution >= 4 is 11.3 Å². The van der Waals surface area contributed by atoms with Crippen molar-refractivity contribution in [3.63, 3.8) is 0 Å². The Hall–Kier alpha value is -2.25. The molecule has 1 unspecified atom stereocenters. The fraction of sp³-hybridized carbons (Fsp3) is 0.348. The summed E-state index contributed by atoms with van der Waals surface area (Å²) < 4.78 is 5.87. The summed E-state index contributed by atoms with van der Waals surface area (Å²) in [5.74, 6) is 2.04. The molecule has 1 aliphatic heterocycles. The molecule has 2 aromatic carbocycles. The maximum atomic E-state index is 10.1. The molecule has 2 aliphatic rings. The van der Waals surface area contributed by atoms with E-state index in [2.05, 4.69) is 5.32 Å². The van der Waals surface area contributed by atoms with E-state index >= 15 is 0 Å². The highest BCUT2D eigenvalue weighted by Gasteiger charge is 2.47. The van der Waals surface area contributed by atoms with Crippen LogP contribution in [0.3, 0.4) is 0 Å². The van der Waals surface area contributed by atoms with Gasteiger partial charge in [0.05, 0.1) is 15.6 Å². The van der Waals surface area contributed by atoms with Crippen molar-refractivity contribution in [2.45, 2.75) is 31.4 Å². The zero-order chi connectivity index (χ0) is 19.8. The monoisotopic (exact) mass is 407 g/mol. The van der Waals surface area contributed by atoms with Gasteiger partial charge >= 0.3 is 0 Å². The summed E-state index contributed by atoms with van der Waals surface area (Å²) in [7, 11) is 0. The van der Waals surface area contributed by atoms with Gasteiger partial charge in [-0.2, -0.15) is 0 Å². The molecule has 29 heavy (non-hydrogen) atoms. The smallest absolute Gasteiger partial charge is 0.140 e. The molecule has 5 rings (SSSR count). The number of aromatic nitrogens is 1. The predicted octanol–water partition coefficient (Wildman–Crippen LogP) is 4.41. The first-order valence-electron chi connectivity index (χ1n) is 10.1. The van der Waals surface area contributed by atoms with E-state index in [4.69, 9.17) is 15.5 Å². The number of ether oxygens (including phenoxy) is 1. The van der Waals surface area contributed by atoms with Crippen molar-refractivity contribution in [1.29, 1.82) is 0 Å². The van der Waals surface area contributed by atoms with Gasteiger partial charge in [-0.3, -0.25) is 0 Å². The molecule has 2 fully saturated rings. The first-order chi connectivity index (χ1) is 14.1. The summed E-state index contributed by atoms with van der Waals surface area (Å²) in [5.41, 5.74) is 8.07. The molecular weight excluding hydrogens is 382 g/mol. The number of nitrogens with zero attached hydrogens (tertiary/aromatic N) is 1. The van der Waals surface area contributed by atoms with Crippen molar-refractivity contribution in [2.24, 2.45) is 11.1 Å². The largest absolute Gasteiger partial charge is 0.457 e. The van der Waals surface area contributed by atoms with Gasteiger partial charge in [-0.15, -0.1) is 11.3 Å². The van der Waals surface area contributed by atoms with E-state index in [1.165, 1.54) is 19.3 Å². The number of nitrogens with one attached hydrogen (secondary N) is 1. The number of hydrogen-bond acceptors (Lipinski definition) is 6. The Balaban J connectivity index is 1.36. The number of aliphatic hydroxyl groups is 1. The molecule has 4 N–H and O–H groups in total. The fourth-order valence-corrected chi connectivity index (χ4v) is 5.62. The number of aliphatic hydroxyl groups excluding tert-OH is 1. The lowest BCUT2D eigenvalue weighted by atomic mass is 9.62. The maximum Gasteiger partial charge on any atom is 0.140 e. The summed E-state index contributed by atoms with van der Waals surface area (Å²) in [6.07, 6.45) is 2.60. The number of thiazole rings is 1. The van der Waals surface area contributed by atoms with Crippen LogP contribution in [0.5, 0.6) is 11.5 Å². The van der Waals surface area contributed by atoms with E-state index in [1.807, 2.05) is 54.6 Å². The standard InChI is InChI=1S/C23H25N3O2S/c24-21(27)20-19(26-22(29-20)16-12-23(13-16)10-11-25-14-23)15-6-8-18(9-7-15)28-17-4-2-1-3-5-17/h1-9,16,21,25,27H,10-14,24H2. The number of rotatable bonds is 5. The highest BCUT2D eigenvalue weighted by molar-refractivity contribution is 7.12. The Bertz CT molecular complexity index is 971. The average molecular weight is 408 g/mol. The van der Waals surface area contributed by atoms with Crippen LogP contribution in [0.4, 0.5) is 0 Å². The van der Waals surface area contributed by atoms with Gasteiger partial charge in [-0.1, -0.05) is 18.2 Å². The molecule has 5 nitrogen and oxygen atoms in total. The lowest BCUT2D eigenvalue weighted by Crippen LogP contribution is -2.37. The normalized spacial score (nSPS) is 24.4. The molecule has 2 heterocycles. The Kier molecular flexibility index (Phi) is 4.87. The van der Waals surface area contributed by atoms with Crippen LogP contribution < -0.4 is 15.8 Å². The highest BCUT2D eigenvalue weighted by Crippen LogP contribution is 2.55. The van der Waals surface area contributed by atoms with Crippen molar-refractivity contribution in [1.82, 2.24) is 10.3 Å². The van der Waals surface area contributed by atoms with Gasteiger partial charge in [-0.05, 0) is 67.6 Å². The summed E-state index contributed by atoms with van der Waals surface area (Å²) in [6.45, 7) is 2.25. The highest BCUT2D eigenvalue weighted by atomic mass is 32.1. The average Bonchev–Trinajstić information content (AvgIpc) is 3.36. The summed E-state index contributed by atoms with van der Waals surface area (Å²) in [5, 5.41) is 14.7. The number of benzene rings is 2. The third-order valence-electron chi connectivity index (χ3n) is 6.09. The van der Waals surface area contributed by atoms with Gasteiger partial charge in [0.1, 0.15) is 17.7 Å². The first-order valence-corrected chi connectivity index (χ1v) is 10.9. The predicted molar refractivity (Wildman–Crippen MR) is 115 cm³/mol. The molecular formula is C23H25N3O2S. The lowest BCUT2D eigenvalue weighted by Gasteiger charge is -2.44. The second kappa shape index (κ2) is 7.54.